The van der Waals surface area contributed by atoms with Crippen molar-refractivity contribution in [2.45, 2.75) is 96.5 Å². The van der Waals surface area contributed by atoms with Crippen LogP contribution in [0.4, 0.5) is 0 Å². The van der Waals surface area contributed by atoms with Crippen molar-refractivity contribution in [2.24, 2.45) is 29.6 Å². The highest BCUT2D eigenvalue weighted by atomic mass is 16.5. The minimum atomic E-state index is 0.0620. The third-order valence-corrected chi connectivity index (χ3v) is 7.16. The van der Waals surface area contributed by atoms with Crippen LogP contribution in [0.25, 0.3) is 0 Å². The summed E-state index contributed by atoms with van der Waals surface area (Å²) >= 11 is 0. The molecule has 3 aliphatic carbocycles. The maximum atomic E-state index is 12.6. The molecule has 25 heavy (non-hydrogen) atoms. The fourth-order valence-corrected chi connectivity index (χ4v) is 5.53. The van der Waals surface area contributed by atoms with Gasteiger partial charge in [-0.15, -0.1) is 0 Å². The number of carbonyl (C=O) groups is 1. The van der Waals surface area contributed by atoms with Crippen LogP contribution >= 0.6 is 0 Å². The Morgan fingerprint density at radius 3 is 2.44 bits per heavy atom. The molecular weight excluding hydrogens is 310 g/mol. The first kappa shape index (κ1) is 18.7. The number of hydrogen-bond acceptors (Lipinski definition) is 3. The number of fused-ring (bicyclic) bond motifs is 1. The average molecular weight is 346 g/mol. The van der Waals surface area contributed by atoms with E-state index in [1.54, 1.807) is 0 Å². The van der Waals surface area contributed by atoms with Gasteiger partial charge in [0.1, 0.15) is 6.10 Å². The van der Waals surface area contributed by atoms with Crippen molar-refractivity contribution in [3.63, 3.8) is 0 Å². The smallest absolute Gasteiger partial charge is 0.309 e. The molecule has 140 valence electrons. The van der Waals surface area contributed by atoms with Gasteiger partial charge >= 0.3 is 5.97 Å². The Bertz CT molecular complexity index is 475. The Balaban J connectivity index is 1.42. The van der Waals surface area contributed by atoms with E-state index in [-0.39, 0.29) is 23.9 Å². The van der Waals surface area contributed by atoms with Crippen molar-refractivity contribution in [1.29, 1.82) is 5.26 Å². The highest BCUT2D eigenvalue weighted by Crippen LogP contribution is 2.46. The fourth-order valence-electron chi connectivity index (χ4n) is 5.53. The first-order valence-electron chi connectivity index (χ1n) is 10.8. The van der Waals surface area contributed by atoms with Crippen LogP contribution in [-0.4, -0.2) is 12.1 Å². The second-order valence-electron chi connectivity index (χ2n) is 8.89. The summed E-state index contributed by atoms with van der Waals surface area (Å²) in [6, 6.07) is 2.35. The first-order valence-corrected chi connectivity index (χ1v) is 10.8. The normalized spacial score (nSPS) is 38.4. The van der Waals surface area contributed by atoms with E-state index in [2.05, 4.69) is 13.0 Å². The van der Waals surface area contributed by atoms with Gasteiger partial charge in [-0.05, 0) is 75.5 Å². The van der Waals surface area contributed by atoms with Crippen molar-refractivity contribution in [3.8, 4) is 6.07 Å². The minimum absolute atomic E-state index is 0.0620. The van der Waals surface area contributed by atoms with Gasteiger partial charge < -0.3 is 4.74 Å². The van der Waals surface area contributed by atoms with Crippen molar-refractivity contribution in [3.05, 3.63) is 0 Å². The van der Waals surface area contributed by atoms with E-state index < -0.39 is 0 Å². The summed E-state index contributed by atoms with van der Waals surface area (Å²) in [5.41, 5.74) is 0. The molecule has 3 fully saturated rings. The average Bonchev–Trinajstić information content (AvgIpc) is 2.66. The van der Waals surface area contributed by atoms with E-state index in [0.717, 1.165) is 56.3 Å². The third kappa shape index (κ3) is 4.99. The summed E-state index contributed by atoms with van der Waals surface area (Å²) in [7, 11) is 0. The first-order chi connectivity index (χ1) is 12.2. The van der Waals surface area contributed by atoms with Gasteiger partial charge in [0.25, 0.3) is 0 Å². The van der Waals surface area contributed by atoms with E-state index in [4.69, 9.17) is 10.00 Å². The summed E-state index contributed by atoms with van der Waals surface area (Å²) in [4.78, 5) is 12.6. The Hall–Kier alpha value is -1.04. The molecule has 3 heteroatoms. The lowest BCUT2D eigenvalue weighted by Gasteiger charge is -2.42. The summed E-state index contributed by atoms with van der Waals surface area (Å²) in [5, 5.41) is 8.98. The van der Waals surface area contributed by atoms with E-state index in [1.807, 2.05) is 0 Å². The van der Waals surface area contributed by atoms with E-state index in [0.29, 0.717) is 0 Å². The number of rotatable bonds is 5. The maximum absolute atomic E-state index is 12.6. The number of unbranched alkanes of at least 4 members (excludes halogenated alkanes) is 1. The van der Waals surface area contributed by atoms with Crippen LogP contribution in [0.1, 0.15) is 90.4 Å². The number of nitrogens with zero attached hydrogens (tertiary/aromatic N) is 1. The molecule has 0 radical (unpaired) electrons. The molecule has 0 aliphatic heterocycles. The van der Waals surface area contributed by atoms with Gasteiger partial charge in [-0.2, -0.15) is 5.26 Å². The molecule has 1 unspecified atom stereocenters. The van der Waals surface area contributed by atoms with Gasteiger partial charge in [0.2, 0.25) is 0 Å². The minimum Gasteiger partial charge on any atom is -0.462 e. The highest BCUT2D eigenvalue weighted by molar-refractivity contribution is 5.72. The van der Waals surface area contributed by atoms with E-state index >= 15 is 0 Å². The van der Waals surface area contributed by atoms with Crippen molar-refractivity contribution in [2.75, 3.05) is 0 Å². The SMILES string of the molecule is CCCCC1CC[C@@H]2C[C@H](C(=O)OC3CCC(C#N)CC3)CC[C@@H]2C1. The lowest BCUT2D eigenvalue weighted by atomic mass is 9.64. The summed E-state index contributed by atoms with van der Waals surface area (Å²) < 4.78 is 5.83. The zero-order valence-corrected chi connectivity index (χ0v) is 15.9. The van der Waals surface area contributed by atoms with Gasteiger partial charge in [0.05, 0.1) is 12.0 Å². The van der Waals surface area contributed by atoms with E-state index in [1.165, 1.54) is 44.9 Å². The molecule has 3 rings (SSSR count). The summed E-state index contributed by atoms with van der Waals surface area (Å²) in [5.74, 6) is 2.95. The number of nitriles is 1. The molecular formula is C22H35NO2. The largest absolute Gasteiger partial charge is 0.462 e. The quantitative estimate of drug-likeness (QED) is 0.606. The molecule has 3 aliphatic rings. The van der Waals surface area contributed by atoms with Crippen molar-refractivity contribution >= 4 is 5.97 Å². The van der Waals surface area contributed by atoms with Crippen LogP contribution < -0.4 is 0 Å². The molecule has 3 saturated carbocycles. The zero-order chi connectivity index (χ0) is 17.6. The highest BCUT2D eigenvalue weighted by Gasteiger charge is 2.38. The predicted molar refractivity (Wildman–Crippen MR) is 98.6 cm³/mol. The standard InChI is InChI=1S/C22H35NO2/c1-2-3-4-16-5-8-19-14-20(10-9-18(19)13-16)22(24)25-21-11-6-17(15-23)7-12-21/h16-21H,2-14H2,1H3/t16?,17?,18-,19-,20-,21?/m1/s1. The Labute approximate surface area is 153 Å². The van der Waals surface area contributed by atoms with Crippen LogP contribution in [-0.2, 0) is 9.53 Å². The number of esters is 1. The van der Waals surface area contributed by atoms with E-state index in [9.17, 15) is 4.79 Å². The number of hydrogen-bond donors (Lipinski definition) is 0. The van der Waals surface area contributed by atoms with Gasteiger partial charge in [-0.1, -0.05) is 32.6 Å². The van der Waals surface area contributed by atoms with Crippen molar-refractivity contribution < 1.29 is 9.53 Å². The second kappa shape index (κ2) is 9.06. The molecule has 0 bridgehead atoms. The Morgan fingerprint density at radius 1 is 1.00 bits per heavy atom. The molecule has 0 aromatic heterocycles. The Morgan fingerprint density at radius 2 is 1.72 bits per heavy atom. The van der Waals surface area contributed by atoms with Gasteiger partial charge in [0, 0.05) is 5.92 Å². The molecule has 0 saturated heterocycles. The lowest BCUT2D eigenvalue weighted by molar-refractivity contribution is -0.158. The molecule has 0 aromatic rings. The van der Waals surface area contributed by atoms with Crippen LogP contribution in [0.15, 0.2) is 0 Å². The molecule has 0 amide bonds. The molecule has 0 aromatic carbocycles. The third-order valence-electron chi connectivity index (χ3n) is 7.16. The molecule has 0 heterocycles. The summed E-state index contributed by atoms with van der Waals surface area (Å²) in [6.45, 7) is 2.29. The van der Waals surface area contributed by atoms with Crippen LogP contribution in [0.5, 0.6) is 0 Å². The Kier molecular flexibility index (Phi) is 6.79. The van der Waals surface area contributed by atoms with Gasteiger partial charge in [-0.3, -0.25) is 4.79 Å². The summed E-state index contributed by atoms with van der Waals surface area (Å²) in [6.07, 6.45) is 15.2. The maximum Gasteiger partial charge on any atom is 0.309 e. The lowest BCUT2D eigenvalue weighted by Crippen LogP contribution is -2.36. The molecule has 0 spiro atoms. The van der Waals surface area contributed by atoms with Crippen molar-refractivity contribution in [1.82, 2.24) is 0 Å². The monoisotopic (exact) mass is 345 g/mol. The number of carbonyl (C=O) groups excluding carboxylic acids is 1. The second-order valence-corrected chi connectivity index (χ2v) is 8.89. The topological polar surface area (TPSA) is 50.1 Å². The van der Waals surface area contributed by atoms with Gasteiger partial charge in [-0.25, -0.2) is 0 Å². The molecule has 4 atom stereocenters. The molecule has 3 nitrogen and oxygen atoms in total. The van der Waals surface area contributed by atoms with Gasteiger partial charge in [0.15, 0.2) is 0 Å². The van der Waals surface area contributed by atoms with Crippen LogP contribution in [0, 0.1) is 40.9 Å². The molecule has 0 N–H and O–H groups in total. The predicted octanol–water partition coefficient (Wildman–Crippen LogP) is 5.63. The zero-order valence-electron chi connectivity index (χ0n) is 15.9. The van der Waals surface area contributed by atoms with Crippen LogP contribution in [0.3, 0.4) is 0 Å². The van der Waals surface area contributed by atoms with Crippen LogP contribution in [0.2, 0.25) is 0 Å². The fraction of sp³-hybridized carbons (Fsp3) is 0.909. The number of ether oxygens (including phenoxy) is 1.